The van der Waals surface area contributed by atoms with E-state index in [1.54, 1.807) is 31.4 Å². The summed E-state index contributed by atoms with van der Waals surface area (Å²) in [5.74, 6) is -0.290. The summed E-state index contributed by atoms with van der Waals surface area (Å²) in [5, 5.41) is 10.1. The Kier molecular flexibility index (Phi) is 7.81. The molecule has 4 N–H and O–H groups in total. The lowest BCUT2D eigenvalue weighted by molar-refractivity contribution is -0.781. The Morgan fingerprint density at radius 3 is 2.47 bits per heavy atom. The molecule has 0 bridgehead atoms. The third-order valence-corrected chi connectivity index (χ3v) is 10.2. The van der Waals surface area contributed by atoms with E-state index < -0.39 is 15.4 Å². The first-order chi connectivity index (χ1) is 18.3. The van der Waals surface area contributed by atoms with Crippen LogP contribution >= 0.6 is 0 Å². The Hall–Kier alpha value is -2.85. The van der Waals surface area contributed by atoms with E-state index in [4.69, 9.17) is 10.1 Å². The van der Waals surface area contributed by atoms with Gasteiger partial charge in [0.15, 0.2) is 0 Å². The van der Waals surface area contributed by atoms with Gasteiger partial charge in [0, 0.05) is 62.3 Å². The number of benzene rings is 2. The minimum Gasteiger partial charge on any atom is -0.384 e. The average Bonchev–Trinajstić information content (AvgIpc) is 2.94. The monoisotopic (exact) mass is 540 g/mol. The molecule has 2 aromatic rings. The van der Waals surface area contributed by atoms with Crippen molar-refractivity contribution >= 4 is 27.6 Å². The average molecular weight is 541 g/mol. The van der Waals surface area contributed by atoms with Crippen LogP contribution in [0.5, 0.6) is 0 Å². The van der Waals surface area contributed by atoms with E-state index in [0.717, 1.165) is 41.3 Å². The van der Waals surface area contributed by atoms with Crippen molar-refractivity contribution in [1.29, 1.82) is 5.41 Å². The molecule has 2 heterocycles. The number of hydrogen-bond donors (Lipinski definition) is 3. The van der Waals surface area contributed by atoms with Gasteiger partial charge in [0.05, 0.1) is 18.6 Å². The fraction of sp³-hybridized carbons (Fsp3) is 0.414. The third kappa shape index (κ3) is 5.33. The minimum atomic E-state index is -3.61. The molecule has 0 aromatic heterocycles. The van der Waals surface area contributed by atoms with Gasteiger partial charge in [-0.1, -0.05) is 0 Å². The molecule has 7 nitrogen and oxygen atoms in total. The van der Waals surface area contributed by atoms with Gasteiger partial charge < -0.3 is 15.0 Å². The Labute approximate surface area is 224 Å². The topological polar surface area (TPSA) is 91.5 Å². The number of halogens is 1. The molecule has 0 spiro atoms. The Morgan fingerprint density at radius 1 is 1.11 bits per heavy atom. The maximum Gasteiger partial charge on any atom is 0.325 e. The third-order valence-electron chi connectivity index (χ3n) is 8.15. The smallest absolute Gasteiger partial charge is 0.325 e. The summed E-state index contributed by atoms with van der Waals surface area (Å²) in [6.07, 6.45) is 8.18. The zero-order chi connectivity index (χ0) is 26.8. The number of methoxy groups -OCH3 is 1. The van der Waals surface area contributed by atoms with Crippen LogP contribution in [0.15, 0.2) is 76.3 Å². The number of nitrogens with two attached hydrogens (primary N) is 1. The highest BCUT2D eigenvalue weighted by molar-refractivity contribution is 7.85. The maximum absolute atomic E-state index is 13.8. The van der Waals surface area contributed by atoms with Gasteiger partial charge in [-0.3, -0.25) is 5.32 Å². The molecule has 2 atom stereocenters. The van der Waals surface area contributed by atoms with Crippen molar-refractivity contribution in [2.45, 2.75) is 37.0 Å². The number of fused-ring (bicyclic) bond motifs is 1. The molecule has 1 aliphatic carbocycles. The summed E-state index contributed by atoms with van der Waals surface area (Å²) >= 11 is 0. The van der Waals surface area contributed by atoms with Crippen molar-refractivity contribution in [3.8, 4) is 0 Å². The molecule has 0 amide bonds. The minimum absolute atomic E-state index is 0.290. The van der Waals surface area contributed by atoms with Crippen LogP contribution in [-0.2, 0) is 14.8 Å². The fourth-order valence-corrected chi connectivity index (χ4v) is 7.79. The molecule has 3 aliphatic rings. The summed E-state index contributed by atoms with van der Waals surface area (Å²) in [4.78, 5) is 2.67. The second-order valence-corrected chi connectivity index (χ2v) is 12.7. The molecule has 1 unspecified atom stereocenters. The summed E-state index contributed by atoms with van der Waals surface area (Å²) < 4.78 is 47.1. The second kappa shape index (κ2) is 11.1. The second-order valence-electron chi connectivity index (χ2n) is 10.6. The lowest BCUT2D eigenvalue weighted by atomic mass is 9.69. The molecule has 2 fully saturated rings. The van der Waals surface area contributed by atoms with Gasteiger partial charge in [-0.2, -0.15) is 8.42 Å². The molecule has 38 heavy (non-hydrogen) atoms. The van der Waals surface area contributed by atoms with Gasteiger partial charge in [0.2, 0.25) is 0 Å². The highest BCUT2D eigenvalue weighted by Crippen LogP contribution is 2.41. The SMILES string of the molecule is COC[C@]12CC(C=N)=C([NH2+]c3ccc(F)cc3)C=C1CC[NH+](S(=O)(=O)c1ccc(N3CCCCC3)cc1)C2. The Morgan fingerprint density at radius 2 is 1.82 bits per heavy atom. The van der Waals surface area contributed by atoms with E-state index in [1.165, 1.54) is 37.6 Å². The van der Waals surface area contributed by atoms with Crippen LogP contribution < -0.4 is 14.5 Å². The van der Waals surface area contributed by atoms with Crippen LogP contribution in [0.25, 0.3) is 0 Å². The van der Waals surface area contributed by atoms with Crippen LogP contribution in [0, 0.1) is 16.6 Å². The van der Waals surface area contributed by atoms with E-state index in [2.05, 4.69) is 11.0 Å². The van der Waals surface area contributed by atoms with Crippen LogP contribution in [0.2, 0.25) is 0 Å². The highest BCUT2D eigenvalue weighted by Gasteiger charge is 2.49. The first kappa shape index (κ1) is 26.7. The van der Waals surface area contributed by atoms with Gasteiger partial charge in [-0.15, -0.1) is 0 Å². The number of allylic oxidation sites excluding steroid dienone is 2. The zero-order valence-corrected chi connectivity index (χ0v) is 22.7. The number of rotatable bonds is 8. The maximum atomic E-state index is 13.8. The molecule has 0 radical (unpaired) electrons. The predicted octanol–water partition coefficient (Wildman–Crippen LogP) is 2.55. The lowest BCUT2D eigenvalue weighted by Crippen LogP contribution is -3.16. The quantitative estimate of drug-likeness (QED) is 0.355. The fourth-order valence-electron chi connectivity index (χ4n) is 6.13. The van der Waals surface area contributed by atoms with E-state index >= 15 is 0 Å². The van der Waals surface area contributed by atoms with Gasteiger partial charge in [0.25, 0.3) is 0 Å². The van der Waals surface area contributed by atoms with Gasteiger partial charge in [-0.05, 0) is 67.7 Å². The van der Waals surface area contributed by atoms with E-state index in [9.17, 15) is 12.8 Å². The lowest BCUT2D eigenvalue weighted by Gasteiger charge is -2.43. The van der Waals surface area contributed by atoms with E-state index in [1.807, 2.05) is 17.4 Å². The summed E-state index contributed by atoms with van der Waals surface area (Å²) in [5.41, 5.74) is 4.31. The molecule has 9 heteroatoms. The number of ether oxygens (including phenoxy) is 1. The predicted molar refractivity (Wildman–Crippen MR) is 146 cm³/mol. The van der Waals surface area contributed by atoms with Gasteiger partial charge in [0.1, 0.15) is 28.6 Å². The zero-order valence-electron chi connectivity index (χ0n) is 21.9. The van der Waals surface area contributed by atoms with Crippen LogP contribution in [-0.4, -0.2) is 54.5 Å². The largest absolute Gasteiger partial charge is 0.384 e. The number of nitrogens with one attached hydrogen (secondary N) is 2. The Balaban J connectivity index is 1.38. The highest BCUT2D eigenvalue weighted by atomic mass is 32.2. The van der Waals surface area contributed by atoms with Crippen molar-refractivity contribution in [2.24, 2.45) is 5.41 Å². The van der Waals surface area contributed by atoms with Crippen molar-refractivity contribution in [2.75, 3.05) is 44.8 Å². The van der Waals surface area contributed by atoms with Crippen LogP contribution in [0.4, 0.5) is 15.8 Å². The van der Waals surface area contributed by atoms with Crippen molar-refractivity contribution < 1.29 is 27.2 Å². The van der Waals surface area contributed by atoms with Crippen LogP contribution in [0.3, 0.4) is 0 Å². The van der Waals surface area contributed by atoms with Crippen molar-refractivity contribution in [3.63, 3.8) is 0 Å². The number of quaternary nitrogens is 2. The number of piperidine rings is 2. The molecule has 2 aliphatic heterocycles. The standard InChI is InChI=1S/C29H35FN4O3S/c1-37-21-29-18-22(19-31)28(32-25-7-5-24(30)6-8-25)17-23(29)13-16-34(20-29)38(35,36)27-11-9-26(10-12-27)33-14-3-2-4-15-33/h5-12,17,19,31-32H,2-4,13-16,18,20-21H2,1H3/p+2/t29-/m1/s1. The summed E-state index contributed by atoms with van der Waals surface area (Å²) in [6.45, 7) is 3.26. The molecule has 0 saturated carbocycles. The molecular formula is C29H37FN4O3S+2. The first-order valence-corrected chi connectivity index (χ1v) is 14.8. The molecule has 5 rings (SSSR count). The molecular weight excluding hydrogens is 503 g/mol. The number of hydrogen-bond acceptors (Lipinski definition) is 5. The number of anilines is 1. The Bertz CT molecular complexity index is 1330. The van der Waals surface area contributed by atoms with E-state index in [-0.39, 0.29) is 5.82 Å². The summed E-state index contributed by atoms with van der Waals surface area (Å²) in [7, 11) is -1.97. The normalized spacial score (nSPS) is 24.1. The molecule has 2 saturated heterocycles. The van der Waals surface area contributed by atoms with Crippen molar-refractivity contribution in [3.05, 3.63) is 77.3 Å². The number of sulfonamides is 1. The summed E-state index contributed by atoms with van der Waals surface area (Å²) in [6, 6.07) is 13.7. The molecule has 202 valence electrons. The van der Waals surface area contributed by atoms with Gasteiger partial charge in [-0.25, -0.2) is 8.70 Å². The van der Waals surface area contributed by atoms with Crippen molar-refractivity contribution in [1.82, 2.24) is 0 Å². The van der Waals surface area contributed by atoms with Crippen LogP contribution in [0.1, 0.15) is 32.1 Å². The first-order valence-electron chi connectivity index (χ1n) is 13.3. The van der Waals surface area contributed by atoms with Gasteiger partial charge >= 0.3 is 10.0 Å². The van der Waals surface area contributed by atoms with E-state index in [0.29, 0.717) is 41.7 Å². The number of nitrogens with zero attached hydrogens (tertiary/aromatic N) is 1. The molecule has 2 aromatic carbocycles.